The molecule has 17 heavy (non-hydrogen) atoms. The molecule has 0 bridgehead atoms. The monoisotopic (exact) mass is 275 g/mol. The van der Waals surface area contributed by atoms with Crippen molar-refractivity contribution in [2.75, 3.05) is 34.3 Å². The summed E-state index contributed by atoms with van der Waals surface area (Å²) in [5, 5.41) is 40.1. The van der Waals surface area contributed by atoms with E-state index in [1.54, 1.807) is 0 Å². The van der Waals surface area contributed by atoms with Gasteiger partial charge >= 0.3 is 8.69 Å². The molecule has 0 fully saturated rings. The second-order valence-electron chi connectivity index (χ2n) is 4.26. The highest BCUT2D eigenvalue weighted by Gasteiger charge is 2.19. The first-order chi connectivity index (χ1) is 7.61. The number of aliphatic hydroxyl groups excluding tert-OH is 3. The van der Waals surface area contributed by atoms with E-state index in [-0.39, 0.29) is 0 Å². The Morgan fingerprint density at radius 3 is 1.65 bits per heavy atom. The molecule has 0 aliphatic heterocycles. The van der Waals surface area contributed by atoms with Gasteiger partial charge in [0.05, 0.1) is 21.1 Å². The van der Waals surface area contributed by atoms with Gasteiger partial charge in [0, 0.05) is 0 Å². The van der Waals surface area contributed by atoms with Gasteiger partial charge in [-0.1, -0.05) is 0 Å². The summed E-state index contributed by atoms with van der Waals surface area (Å²) in [4.78, 5) is 0. The number of hydrogen-bond donors (Lipinski definition) is 5. The van der Waals surface area contributed by atoms with Crippen LogP contribution in [0.4, 0.5) is 0 Å². The molecule has 0 aromatic rings. The minimum absolute atomic E-state index is 0.575. The molecule has 0 saturated carbocycles. The van der Waals surface area contributed by atoms with Crippen LogP contribution in [0.15, 0.2) is 0 Å². The van der Waals surface area contributed by atoms with Crippen molar-refractivity contribution in [1.82, 2.24) is 0 Å². The van der Waals surface area contributed by atoms with Gasteiger partial charge in [0.25, 0.3) is 0 Å². The van der Waals surface area contributed by atoms with Gasteiger partial charge in [-0.2, -0.15) is 0 Å². The van der Waals surface area contributed by atoms with E-state index in [1.807, 2.05) is 0 Å². The fourth-order valence-electron chi connectivity index (χ4n) is 0.515. The predicted octanol–water partition coefficient (Wildman–Crippen LogP) is -2.38. The van der Waals surface area contributed by atoms with E-state index < -0.39 is 27.4 Å². The topological polar surface area (TPSA) is 127 Å². The summed E-state index contributed by atoms with van der Waals surface area (Å²) in [5.41, 5.74) is 0. The van der Waals surface area contributed by atoms with Crippen LogP contribution in [0.1, 0.15) is 0 Å². The molecule has 1 atom stereocenters. The third-order valence-corrected chi connectivity index (χ3v) is 1.86. The molecule has 0 aromatic carbocycles. The minimum Gasteiger partial charge on any atom is -0.382 e. The third-order valence-electron chi connectivity index (χ3n) is 1.53. The second kappa shape index (κ2) is 9.81. The second-order valence-corrected chi connectivity index (χ2v) is 4.72. The van der Waals surface area contributed by atoms with Crippen LogP contribution in [0.2, 0.25) is 0 Å². The third kappa shape index (κ3) is 15.8. The summed E-state index contributed by atoms with van der Waals surface area (Å²) in [6.45, 7) is 1.47. The molecular formula is C8H22NO7P+2. The van der Waals surface area contributed by atoms with Crippen LogP contribution in [0.25, 0.3) is 0 Å². The molecule has 0 aliphatic rings. The molecule has 1 unspecified atom stereocenters. The van der Waals surface area contributed by atoms with Crippen molar-refractivity contribution in [3.05, 3.63) is 0 Å². The molecule has 104 valence electrons. The molecular weight excluding hydrogens is 253 g/mol. The molecule has 9 heteroatoms. The highest BCUT2D eigenvalue weighted by Crippen LogP contribution is 1.96. The SMILES string of the molecule is C[N+](C)(C)CCO[PH+]=O.OC(O)C(O)C(O)O. The van der Waals surface area contributed by atoms with Crippen molar-refractivity contribution >= 4 is 8.69 Å². The maximum atomic E-state index is 9.81. The van der Waals surface area contributed by atoms with Gasteiger partial charge in [-0.05, 0) is 4.57 Å². The Bertz CT molecular complexity index is 187. The number of nitrogens with zero attached hydrogens (tertiary/aromatic N) is 1. The summed E-state index contributed by atoms with van der Waals surface area (Å²) in [7, 11) is 5.58. The summed E-state index contributed by atoms with van der Waals surface area (Å²) < 4.78 is 15.3. The van der Waals surface area contributed by atoms with Crippen LogP contribution in [-0.4, -0.2) is 83.0 Å². The maximum absolute atomic E-state index is 9.81. The Labute approximate surface area is 102 Å². The summed E-state index contributed by atoms with van der Waals surface area (Å²) in [5.74, 6) is 0. The van der Waals surface area contributed by atoms with Crippen LogP contribution in [0.5, 0.6) is 0 Å². The zero-order valence-corrected chi connectivity index (χ0v) is 11.1. The molecule has 0 heterocycles. The molecule has 0 amide bonds. The number of rotatable bonds is 6. The van der Waals surface area contributed by atoms with E-state index in [9.17, 15) is 4.57 Å². The first kappa shape index (κ1) is 19.2. The van der Waals surface area contributed by atoms with Gasteiger partial charge in [-0.15, -0.1) is 4.52 Å². The largest absolute Gasteiger partial charge is 0.494 e. The summed E-state index contributed by atoms with van der Waals surface area (Å²) in [6.07, 6.45) is -6.11. The van der Waals surface area contributed by atoms with Crippen LogP contribution >= 0.6 is 8.69 Å². The number of aliphatic hydroxyl groups is 5. The Kier molecular flexibility index (Phi) is 11.1. The molecule has 0 aromatic heterocycles. The average Bonchev–Trinajstić information content (AvgIpc) is 2.15. The van der Waals surface area contributed by atoms with Crippen molar-refractivity contribution in [3.8, 4) is 0 Å². The first-order valence-electron chi connectivity index (χ1n) is 4.81. The molecule has 5 N–H and O–H groups in total. The van der Waals surface area contributed by atoms with E-state index in [2.05, 4.69) is 25.7 Å². The van der Waals surface area contributed by atoms with E-state index in [0.29, 0.717) is 6.61 Å². The van der Waals surface area contributed by atoms with Crippen LogP contribution < -0.4 is 0 Å². The molecule has 0 saturated heterocycles. The molecule has 8 nitrogen and oxygen atoms in total. The normalized spacial score (nSPS) is 12.2. The Balaban J connectivity index is 0. The van der Waals surface area contributed by atoms with E-state index in [4.69, 9.17) is 25.5 Å². The first-order valence-corrected chi connectivity index (χ1v) is 5.63. The van der Waals surface area contributed by atoms with Gasteiger partial charge in [0.2, 0.25) is 0 Å². The molecule has 0 spiro atoms. The number of quaternary nitrogens is 1. The molecule has 0 rings (SSSR count). The zero-order valence-electron chi connectivity index (χ0n) is 10.1. The quantitative estimate of drug-likeness (QED) is 0.158. The van der Waals surface area contributed by atoms with Crippen molar-refractivity contribution < 1.29 is 39.1 Å². The van der Waals surface area contributed by atoms with Gasteiger partial charge in [-0.25, -0.2) is 0 Å². The number of hydrogen-bond acceptors (Lipinski definition) is 7. The lowest BCUT2D eigenvalue weighted by molar-refractivity contribution is -0.870. The Morgan fingerprint density at radius 2 is 1.47 bits per heavy atom. The Morgan fingerprint density at radius 1 is 1.06 bits per heavy atom. The lowest BCUT2D eigenvalue weighted by Gasteiger charge is -2.21. The van der Waals surface area contributed by atoms with Gasteiger partial charge < -0.3 is 30.0 Å². The summed E-state index contributed by atoms with van der Waals surface area (Å²) in [6, 6.07) is 0. The van der Waals surface area contributed by atoms with Gasteiger partial charge in [-0.3, -0.25) is 0 Å². The molecule has 0 aliphatic carbocycles. The number of likely N-dealkylation sites (N-methyl/N-ethyl adjacent to an activating group) is 1. The van der Waals surface area contributed by atoms with E-state index >= 15 is 0 Å². The lowest BCUT2D eigenvalue weighted by Crippen LogP contribution is -2.37. The van der Waals surface area contributed by atoms with Crippen molar-refractivity contribution in [1.29, 1.82) is 0 Å². The zero-order chi connectivity index (χ0) is 14.1. The van der Waals surface area contributed by atoms with Crippen LogP contribution in [0, 0.1) is 0 Å². The van der Waals surface area contributed by atoms with Crippen LogP contribution in [0.3, 0.4) is 0 Å². The smallest absolute Gasteiger partial charge is 0.382 e. The average molecular weight is 275 g/mol. The standard InChI is InChI=1S/C5H14NO2P.C3H8O5/c1-6(2,3)4-5-8-9-7;4-1(2(5)6)3(7)8/h9H,4-5H2,1-3H3;1-8H/q+2;. The van der Waals surface area contributed by atoms with Gasteiger partial charge in [0.15, 0.2) is 25.3 Å². The molecule has 0 radical (unpaired) electrons. The Hall–Kier alpha value is -0.180. The lowest BCUT2D eigenvalue weighted by atomic mass is 10.3. The highest BCUT2D eigenvalue weighted by atomic mass is 31.1. The van der Waals surface area contributed by atoms with Gasteiger partial charge in [0.1, 0.15) is 6.54 Å². The van der Waals surface area contributed by atoms with Crippen molar-refractivity contribution in [3.63, 3.8) is 0 Å². The van der Waals surface area contributed by atoms with Crippen molar-refractivity contribution in [2.45, 2.75) is 18.7 Å². The van der Waals surface area contributed by atoms with E-state index in [1.165, 1.54) is 0 Å². The van der Waals surface area contributed by atoms with Crippen LogP contribution in [-0.2, 0) is 9.09 Å². The maximum Gasteiger partial charge on any atom is 0.494 e. The van der Waals surface area contributed by atoms with E-state index in [0.717, 1.165) is 11.0 Å². The fourth-order valence-corrected chi connectivity index (χ4v) is 0.690. The predicted molar refractivity (Wildman–Crippen MR) is 60.3 cm³/mol. The minimum atomic E-state index is -2.10. The summed E-state index contributed by atoms with van der Waals surface area (Å²) >= 11 is 0. The van der Waals surface area contributed by atoms with Crippen molar-refractivity contribution in [2.24, 2.45) is 0 Å². The fraction of sp³-hybridized carbons (Fsp3) is 1.00. The highest BCUT2D eigenvalue weighted by molar-refractivity contribution is 7.17.